The van der Waals surface area contributed by atoms with Crippen LogP contribution in [0, 0.1) is 10.1 Å². The second-order valence-corrected chi connectivity index (χ2v) is 8.41. The van der Waals surface area contributed by atoms with Crippen LogP contribution in [0.1, 0.15) is 36.7 Å². The highest BCUT2D eigenvalue weighted by Gasteiger charge is 2.16. The summed E-state index contributed by atoms with van der Waals surface area (Å²) in [5.41, 5.74) is 1.90. The number of carbonyl (C=O) groups excluding carboxylic acids is 2. The molecule has 0 aliphatic heterocycles. The number of ether oxygens (including phenoxy) is 1. The number of esters is 1. The minimum absolute atomic E-state index is 0.0278. The van der Waals surface area contributed by atoms with E-state index in [1.807, 2.05) is 12.1 Å². The molecule has 1 aromatic heterocycles. The molecule has 1 heterocycles. The molecule has 2 aromatic carbocycles. The number of aromatic nitrogens is 1. The van der Waals surface area contributed by atoms with Crippen LogP contribution in [0.2, 0.25) is 0 Å². The molecular formula is C20H19N3O5S. The molecule has 0 unspecified atom stereocenters. The number of nitro benzene ring substituents is 1. The summed E-state index contributed by atoms with van der Waals surface area (Å²) in [6.07, 6.45) is 0. The molecule has 0 atom stereocenters. The topological polar surface area (TPSA) is 111 Å². The number of thiazole rings is 1. The van der Waals surface area contributed by atoms with Gasteiger partial charge in [0.2, 0.25) is 0 Å². The van der Waals surface area contributed by atoms with Crippen molar-refractivity contribution in [1.29, 1.82) is 0 Å². The number of benzene rings is 2. The number of nitrogens with one attached hydrogen (secondary N) is 1. The number of hydrogen-bond donors (Lipinski definition) is 1. The zero-order valence-corrected chi connectivity index (χ0v) is 16.9. The number of nitrogens with zero attached hydrogens (tertiary/aromatic N) is 2. The first-order chi connectivity index (χ1) is 13.6. The molecular weight excluding hydrogens is 394 g/mol. The van der Waals surface area contributed by atoms with Crippen LogP contribution < -0.4 is 5.32 Å². The van der Waals surface area contributed by atoms with E-state index in [4.69, 9.17) is 4.74 Å². The lowest BCUT2D eigenvalue weighted by molar-refractivity contribution is -0.384. The van der Waals surface area contributed by atoms with Crippen molar-refractivity contribution in [3.05, 3.63) is 63.7 Å². The van der Waals surface area contributed by atoms with Gasteiger partial charge in [0.1, 0.15) is 0 Å². The van der Waals surface area contributed by atoms with Crippen LogP contribution in [0.4, 0.5) is 10.8 Å². The van der Waals surface area contributed by atoms with E-state index < -0.39 is 23.4 Å². The minimum Gasteiger partial charge on any atom is -0.452 e. The van der Waals surface area contributed by atoms with E-state index in [0.717, 1.165) is 16.9 Å². The highest BCUT2D eigenvalue weighted by atomic mass is 32.1. The molecule has 0 fully saturated rings. The Morgan fingerprint density at radius 2 is 1.86 bits per heavy atom. The average molecular weight is 413 g/mol. The molecule has 29 heavy (non-hydrogen) atoms. The summed E-state index contributed by atoms with van der Waals surface area (Å²) in [6, 6.07) is 11.3. The van der Waals surface area contributed by atoms with Gasteiger partial charge in [-0.15, -0.1) is 0 Å². The Labute approximate surface area is 170 Å². The molecule has 0 saturated carbocycles. The standard InChI is InChI=1S/C20H19N3O5S/c1-20(2,3)13-6-4-12(5-7-13)18(25)28-11-17(24)22-19-21-15-9-8-14(23(26)27)10-16(15)29-19/h4-10H,11H2,1-3H3,(H,21,22,24). The van der Waals surface area contributed by atoms with Crippen molar-refractivity contribution in [2.75, 3.05) is 11.9 Å². The van der Waals surface area contributed by atoms with Gasteiger partial charge in [-0.25, -0.2) is 9.78 Å². The molecule has 0 aliphatic rings. The van der Waals surface area contributed by atoms with E-state index in [-0.39, 0.29) is 16.2 Å². The van der Waals surface area contributed by atoms with Crippen molar-refractivity contribution in [2.24, 2.45) is 0 Å². The number of rotatable bonds is 5. The molecule has 0 spiro atoms. The first-order valence-corrected chi connectivity index (χ1v) is 9.57. The maximum absolute atomic E-state index is 12.1. The fourth-order valence-electron chi connectivity index (χ4n) is 2.56. The molecule has 3 rings (SSSR count). The van der Waals surface area contributed by atoms with Gasteiger partial charge in [-0.1, -0.05) is 44.2 Å². The zero-order valence-electron chi connectivity index (χ0n) is 16.1. The molecule has 150 valence electrons. The van der Waals surface area contributed by atoms with Gasteiger partial charge in [0, 0.05) is 12.1 Å². The van der Waals surface area contributed by atoms with Gasteiger partial charge in [0.15, 0.2) is 11.7 Å². The third-order valence-corrected chi connectivity index (χ3v) is 5.08. The normalized spacial score (nSPS) is 11.3. The third kappa shape index (κ3) is 4.94. The lowest BCUT2D eigenvalue weighted by Gasteiger charge is -2.18. The molecule has 8 nitrogen and oxygen atoms in total. The summed E-state index contributed by atoms with van der Waals surface area (Å²) in [4.78, 5) is 38.7. The SMILES string of the molecule is CC(C)(C)c1ccc(C(=O)OCC(=O)Nc2nc3ccc([N+](=O)[O-])cc3s2)cc1. The van der Waals surface area contributed by atoms with E-state index in [2.05, 4.69) is 31.1 Å². The number of non-ortho nitro benzene ring substituents is 1. The average Bonchev–Trinajstić information content (AvgIpc) is 3.06. The van der Waals surface area contributed by atoms with Crippen molar-refractivity contribution < 1.29 is 19.2 Å². The molecule has 0 bridgehead atoms. The van der Waals surface area contributed by atoms with Gasteiger partial charge in [0.05, 0.1) is 20.7 Å². The Kier molecular flexibility index (Phi) is 5.60. The molecule has 3 aromatic rings. The van der Waals surface area contributed by atoms with E-state index in [1.54, 1.807) is 12.1 Å². The second-order valence-electron chi connectivity index (χ2n) is 7.38. The monoisotopic (exact) mass is 413 g/mol. The largest absolute Gasteiger partial charge is 0.452 e. The number of anilines is 1. The molecule has 0 aliphatic carbocycles. The Balaban J connectivity index is 1.59. The molecule has 0 radical (unpaired) electrons. The Morgan fingerprint density at radius 1 is 1.17 bits per heavy atom. The maximum Gasteiger partial charge on any atom is 0.338 e. The number of carbonyl (C=O) groups is 2. The summed E-state index contributed by atoms with van der Waals surface area (Å²) in [5.74, 6) is -1.14. The number of fused-ring (bicyclic) bond motifs is 1. The Morgan fingerprint density at radius 3 is 2.48 bits per heavy atom. The van der Waals surface area contributed by atoms with E-state index in [0.29, 0.717) is 15.8 Å². The number of amides is 1. The van der Waals surface area contributed by atoms with Gasteiger partial charge in [-0.3, -0.25) is 20.2 Å². The van der Waals surface area contributed by atoms with E-state index in [1.165, 1.54) is 18.2 Å². The fourth-order valence-corrected chi connectivity index (χ4v) is 3.47. The maximum atomic E-state index is 12.1. The van der Waals surface area contributed by atoms with Crippen molar-refractivity contribution in [3.63, 3.8) is 0 Å². The minimum atomic E-state index is -0.597. The molecule has 1 N–H and O–H groups in total. The van der Waals surface area contributed by atoms with Crippen LogP contribution in [0.5, 0.6) is 0 Å². The number of nitro groups is 1. The lowest BCUT2D eigenvalue weighted by Crippen LogP contribution is -2.21. The summed E-state index contributed by atoms with van der Waals surface area (Å²) < 4.78 is 5.62. The molecule has 0 saturated heterocycles. The van der Waals surface area contributed by atoms with Gasteiger partial charge in [-0.05, 0) is 29.2 Å². The van der Waals surface area contributed by atoms with Crippen molar-refractivity contribution >= 4 is 44.2 Å². The predicted octanol–water partition coefficient (Wildman–Crippen LogP) is 4.30. The summed E-state index contributed by atoms with van der Waals surface area (Å²) in [5, 5.41) is 13.6. The van der Waals surface area contributed by atoms with Gasteiger partial charge in [0.25, 0.3) is 11.6 Å². The second kappa shape index (κ2) is 7.96. The van der Waals surface area contributed by atoms with E-state index in [9.17, 15) is 19.7 Å². The highest BCUT2D eigenvalue weighted by molar-refractivity contribution is 7.22. The van der Waals surface area contributed by atoms with Crippen LogP contribution in [-0.2, 0) is 14.9 Å². The van der Waals surface area contributed by atoms with Crippen molar-refractivity contribution in [3.8, 4) is 0 Å². The highest BCUT2D eigenvalue weighted by Crippen LogP contribution is 2.29. The van der Waals surface area contributed by atoms with Crippen molar-refractivity contribution in [2.45, 2.75) is 26.2 Å². The molecule has 9 heteroatoms. The summed E-state index contributed by atoms with van der Waals surface area (Å²) in [7, 11) is 0. The Hall–Kier alpha value is -3.33. The van der Waals surface area contributed by atoms with Crippen molar-refractivity contribution in [1.82, 2.24) is 4.98 Å². The van der Waals surface area contributed by atoms with Gasteiger partial charge >= 0.3 is 5.97 Å². The van der Waals surface area contributed by atoms with Crippen LogP contribution in [0.15, 0.2) is 42.5 Å². The summed E-state index contributed by atoms with van der Waals surface area (Å²) in [6.45, 7) is 5.76. The first kappa shape index (κ1) is 20.4. The quantitative estimate of drug-likeness (QED) is 0.379. The lowest BCUT2D eigenvalue weighted by atomic mass is 9.87. The predicted molar refractivity (Wildman–Crippen MR) is 110 cm³/mol. The van der Waals surface area contributed by atoms with Gasteiger partial charge in [-0.2, -0.15) is 0 Å². The summed E-state index contributed by atoms with van der Waals surface area (Å²) >= 11 is 1.10. The van der Waals surface area contributed by atoms with Crippen LogP contribution in [-0.4, -0.2) is 28.4 Å². The number of hydrogen-bond acceptors (Lipinski definition) is 7. The van der Waals surface area contributed by atoms with E-state index >= 15 is 0 Å². The van der Waals surface area contributed by atoms with Gasteiger partial charge < -0.3 is 4.74 Å². The first-order valence-electron chi connectivity index (χ1n) is 8.76. The Bertz CT molecular complexity index is 1080. The third-order valence-electron chi connectivity index (χ3n) is 4.15. The van der Waals surface area contributed by atoms with Crippen LogP contribution in [0.3, 0.4) is 0 Å². The molecule has 1 amide bonds. The smallest absolute Gasteiger partial charge is 0.338 e. The fraction of sp³-hybridized carbons (Fsp3) is 0.250. The zero-order chi connectivity index (χ0) is 21.2. The van der Waals surface area contributed by atoms with Crippen LogP contribution >= 0.6 is 11.3 Å². The van der Waals surface area contributed by atoms with Crippen LogP contribution in [0.25, 0.3) is 10.2 Å².